The quantitative estimate of drug-likeness (QED) is 0.331. The number of thiazole rings is 1. The molecule has 0 spiro atoms. The average molecular weight is 518 g/mol. The Hall–Kier alpha value is -2.91. The van der Waals surface area contributed by atoms with Crippen LogP contribution >= 0.6 is 22.9 Å². The second kappa shape index (κ2) is 10.8. The number of carbonyl (C=O) groups is 2. The van der Waals surface area contributed by atoms with E-state index in [1.165, 1.54) is 11.3 Å². The molecule has 1 fully saturated rings. The van der Waals surface area contributed by atoms with Gasteiger partial charge < -0.3 is 18.8 Å². The van der Waals surface area contributed by atoms with Crippen molar-refractivity contribution in [3.05, 3.63) is 62.7 Å². The summed E-state index contributed by atoms with van der Waals surface area (Å²) in [6.45, 7) is 4.69. The Labute approximate surface area is 213 Å². The lowest BCUT2D eigenvalue weighted by Crippen LogP contribution is -2.40. The minimum absolute atomic E-state index is 0.0122. The monoisotopic (exact) mass is 517 g/mol. The molecule has 186 valence electrons. The van der Waals surface area contributed by atoms with E-state index in [2.05, 4.69) is 9.97 Å². The van der Waals surface area contributed by atoms with Gasteiger partial charge in [-0.05, 0) is 69.0 Å². The Kier molecular flexibility index (Phi) is 7.76. The number of carbonyl (C=O) groups excluding carboxylic acids is 2. The molecule has 0 radical (unpaired) electrons. The average Bonchev–Trinajstić information content (AvgIpc) is 3.43. The molecule has 1 aliphatic rings. The molecule has 1 amide bonds. The molecule has 35 heavy (non-hydrogen) atoms. The van der Waals surface area contributed by atoms with Crippen molar-refractivity contribution in [1.82, 2.24) is 14.9 Å². The van der Waals surface area contributed by atoms with Gasteiger partial charge in [-0.2, -0.15) is 0 Å². The number of hydrogen-bond acceptors (Lipinski definition) is 8. The van der Waals surface area contributed by atoms with Crippen molar-refractivity contribution in [3.63, 3.8) is 0 Å². The molecule has 3 heterocycles. The molecule has 0 unspecified atom stereocenters. The van der Waals surface area contributed by atoms with E-state index in [4.69, 9.17) is 25.5 Å². The van der Waals surface area contributed by atoms with Crippen molar-refractivity contribution in [3.8, 4) is 5.75 Å². The summed E-state index contributed by atoms with van der Waals surface area (Å²) in [7, 11) is 1.59. The lowest BCUT2D eigenvalue weighted by atomic mass is 9.99. The van der Waals surface area contributed by atoms with Crippen LogP contribution in [0.4, 0.5) is 0 Å². The molecule has 4 rings (SSSR count). The van der Waals surface area contributed by atoms with Crippen molar-refractivity contribution in [2.24, 2.45) is 0 Å². The third kappa shape index (κ3) is 5.67. The second-order valence-electron chi connectivity index (χ2n) is 8.43. The Balaban J connectivity index is 1.54. The number of hydrogen-bond donors (Lipinski definition) is 0. The van der Waals surface area contributed by atoms with E-state index in [0.717, 1.165) is 29.2 Å². The first kappa shape index (κ1) is 25.2. The Bertz CT molecular complexity index is 1190. The molecular formula is C25H28ClN3O5S. The van der Waals surface area contributed by atoms with E-state index in [1.807, 2.05) is 30.0 Å². The van der Waals surface area contributed by atoms with Crippen LogP contribution in [0.15, 0.2) is 34.9 Å². The number of ether oxygens (including phenoxy) is 2. The summed E-state index contributed by atoms with van der Waals surface area (Å²) >= 11 is 7.30. The maximum Gasteiger partial charge on any atom is 0.358 e. The first-order valence-corrected chi connectivity index (χ1v) is 12.7. The van der Waals surface area contributed by atoms with Gasteiger partial charge in [0.15, 0.2) is 10.9 Å². The Morgan fingerprint density at radius 1 is 1.26 bits per heavy atom. The van der Waals surface area contributed by atoms with Crippen molar-refractivity contribution in [1.29, 1.82) is 0 Å². The zero-order valence-corrected chi connectivity index (χ0v) is 21.6. The molecule has 10 heteroatoms. The van der Waals surface area contributed by atoms with E-state index in [1.54, 1.807) is 26.3 Å². The second-order valence-corrected chi connectivity index (χ2v) is 10.1. The van der Waals surface area contributed by atoms with Crippen LogP contribution in [0.25, 0.3) is 0 Å². The molecule has 3 aromatic heterocycles. The summed E-state index contributed by atoms with van der Waals surface area (Å²) in [6, 6.07) is 7.24. The molecule has 0 aromatic carbocycles. The van der Waals surface area contributed by atoms with Crippen molar-refractivity contribution < 1.29 is 23.5 Å². The van der Waals surface area contributed by atoms with Gasteiger partial charge in [-0.1, -0.05) is 0 Å². The highest BCUT2D eigenvalue weighted by Gasteiger charge is 2.54. The van der Waals surface area contributed by atoms with Crippen LogP contribution in [-0.2, 0) is 27.9 Å². The Morgan fingerprint density at radius 2 is 2.06 bits per heavy atom. The highest BCUT2D eigenvalue weighted by atomic mass is 35.5. The summed E-state index contributed by atoms with van der Waals surface area (Å²) in [5.41, 5.74) is 0.410. The van der Waals surface area contributed by atoms with E-state index >= 15 is 0 Å². The van der Waals surface area contributed by atoms with Crippen LogP contribution in [0.2, 0.25) is 5.22 Å². The van der Waals surface area contributed by atoms with Gasteiger partial charge in [0.05, 0.1) is 37.6 Å². The molecular weight excluding hydrogens is 490 g/mol. The third-order valence-corrected chi connectivity index (χ3v) is 7.18. The van der Waals surface area contributed by atoms with Gasteiger partial charge in [-0.25, -0.2) is 9.78 Å². The fraction of sp³-hybridized carbons (Fsp3) is 0.440. The predicted molar refractivity (Wildman–Crippen MR) is 132 cm³/mol. The molecule has 0 aliphatic heterocycles. The van der Waals surface area contributed by atoms with Crippen LogP contribution in [0.5, 0.6) is 5.75 Å². The van der Waals surface area contributed by atoms with Gasteiger partial charge in [0.25, 0.3) is 0 Å². The number of nitrogens with zero attached hydrogens (tertiary/aromatic N) is 3. The zero-order chi connectivity index (χ0) is 25.0. The molecule has 8 nitrogen and oxygen atoms in total. The van der Waals surface area contributed by atoms with Gasteiger partial charge >= 0.3 is 5.97 Å². The van der Waals surface area contributed by atoms with Gasteiger partial charge in [0.1, 0.15) is 16.5 Å². The summed E-state index contributed by atoms with van der Waals surface area (Å²) in [4.78, 5) is 37.7. The number of aryl methyl sites for hydroxylation is 2. The largest absolute Gasteiger partial charge is 0.495 e. The topological polar surface area (TPSA) is 94.8 Å². The van der Waals surface area contributed by atoms with Gasteiger partial charge in [-0.15, -0.1) is 11.3 Å². The third-order valence-electron chi connectivity index (χ3n) is 6.02. The van der Waals surface area contributed by atoms with Crippen LogP contribution in [0.1, 0.15) is 58.0 Å². The smallest absolute Gasteiger partial charge is 0.358 e. The molecule has 3 aromatic rings. The fourth-order valence-corrected chi connectivity index (χ4v) is 5.14. The predicted octanol–water partition coefficient (Wildman–Crippen LogP) is 4.97. The summed E-state index contributed by atoms with van der Waals surface area (Å²) in [6.07, 6.45) is 4.45. The zero-order valence-electron chi connectivity index (χ0n) is 20.0. The van der Waals surface area contributed by atoms with Crippen LogP contribution in [0, 0.1) is 6.92 Å². The van der Waals surface area contributed by atoms with Gasteiger partial charge in [-0.3, -0.25) is 9.78 Å². The van der Waals surface area contributed by atoms with E-state index in [-0.39, 0.29) is 12.5 Å². The number of furan rings is 1. The summed E-state index contributed by atoms with van der Waals surface area (Å²) < 4.78 is 15.8. The van der Waals surface area contributed by atoms with E-state index < -0.39 is 11.4 Å². The maximum absolute atomic E-state index is 13.9. The highest BCUT2D eigenvalue weighted by Crippen LogP contribution is 2.49. The SMILES string of the molecule is CCOC(=O)c1nc(CN(CCCc2ccc(Cl)o2)C(=O)C2(c3ccc(OC)cn3)CC2)sc1C. The van der Waals surface area contributed by atoms with Crippen LogP contribution < -0.4 is 4.74 Å². The molecule has 0 atom stereocenters. The van der Waals surface area contributed by atoms with Gasteiger partial charge in [0, 0.05) is 17.8 Å². The summed E-state index contributed by atoms with van der Waals surface area (Å²) in [5, 5.41) is 1.04. The molecule has 0 saturated heterocycles. The first-order valence-electron chi connectivity index (χ1n) is 11.5. The van der Waals surface area contributed by atoms with Crippen molar-refractivity contribution in [2.75, 3.05) is 20.3 Å². The highest BCUT2D eigenvalue weighted by molar-refractivity contribution is 7.11. The number of halogens is 1. The maximum atomic E-state index is 13.9. The number of amides is 1. The molecule has 1 aliphatic carbocycles. The van der Waals surface area contributed by atoms with Crippen molar-refractivity contribution in [2.45, 2.75) is 51.5 Å². The van der Waals surface area contributed by atoms with Crippen molar-refractivity contribution >= 4 is 34.8 Å². The first-order chi connectivity index (χ1) is 16.9. The number of aromatic nitrogens is 2. The van der Waals surface area contributed by atoms with Crippen LogP contribution in [0.3, 0.4) is 0 Å². The number of pyridine rings is 1. The molecule has 0 bridgehead atoms. The lowest BCUT2D eigenvalue weighted by molar-refractivity contribution is -0.134. The van der Waals surface area contributed by atoms with Gasteiger partial charge in [0.2, 0.25) is 5.91 Å². The minimum Gasteiger partial charge on any atom is -0.495 e. The normalized spacial score (nSPS) is 13.9. The van der Waals surface area contributed by atoms with E-state index in [9.17, 15) is 9.59 Å². The Morgan fingerprint density at radius 3 is 2.66 bits per heavy atom. The lowest BCUT2D eigenvalue weighted by Gasteiger charge is -2.26. The number of methoxy groups -OCH3 is 1. The summed E-state index contributed by atoms with van der Waals surface area (Å²) in [5.74, 6) is 0.991. The molecule has 1 saturated carbocycles. The minimum atomic E-state index is -0.642. The molecule has 0 N–H and O–H groups in total. The van der Waals surface area contributed by atoms with E-state index in [0.29, 0.717) is 47.6 Å². The number of rotatable bonds is 11. The fourth-order valence-electron chi connectivity index (χ4n) is 4.05. The standard InChI is InChI=1S/C25H28ClN3O5S/c1-4-33-23(30)22-16(2)35-21(28-22)15-29(13-5-6-17-8-10-20(26)34-17)24(31)25(11-12-25)19-9-7-18(32-3)14-27-19/h7-10,14H,4-6,11-13,15H2,1-3H3. The number of esters is 1. The van der Waals surface area contributed by atoms with Crippen LogP contribution in [-0.4, -0.2) is 47.0 Å².